The molecule has 0 radical (unpaired) electrons. The van der Waals surface area contributed by atoms with Crippen molar-refractivity contribution in [2.24, 2.45) is 0 Å². The van der Waals surface area contributed by atoms with Gasteiger partial charge in [0, 0.05) is 11.0 Å². The lowest BCUT2D eigenvalue weighted by Gasteiger charge is -2.13. The molecule has 8 heteroatoms. The highest BCUT2D eigenvalue weighted by atomic mass is 32.2. The summed E-state index contributed by atoms with van der Waals surface area (Å²) in [5, 5.41) is 10.2. The Balaban J connectivity index is 0. The fraction of sp³-hybridized carbons (Fsp3) is 1.00. The van der Waals surface area contributed by atoms with Gasteiger partial charge >= 0.3 is 7.82 Å². The number of aliphatic hydroxyl groups is 1. The Labute approximate surface area is 303 Å². The summed E-state index contributed by atoms with van der Waals surface area (Å²) in [7, 11) is -4.64. The average Bonchev–Trinajstić information content (AvgIpc) is 3.03. The van der Waals surface area contributed by atoms with Crippen LogP contribution in [0.2, 0.25) is 0 Å². The van der Waals surface area contributed by atoms with Gasteiger partial charge in [-0.2, -0.15) is 23.5 Å². The van der Waals surface area contributed by atoms with Gasteiger partial charge in [0.05, 0.1) is 6.61 Å². The standard InChI is InChI=1S/C39H80OS2.H3O4P/c1-3-5-7-9-11-13-15-17-19-21-23-25-27-29-31-33-35-41-38-39(37-40)42-36-34-32-30-28-26-24-22-20-18-16-14-12-10-8-6-4-2;1-5(2,3)4/h39-40H,3-38H2,1-2H3;(H3,1,2,3,4). The molecule has 0 saturated carbocycles. The van der Waals surface area contributed by atoms with E-state index in [9.17, 15) is 5.11 Å². The van der Waals surface area contributed by atoms with Crippen LogP contribution in [0.15, 0.2) is 0 Å². The number of hydrogen-bond acceptors (Lipinski definition) is 4. The molecule has 0 aliphatic rings. The molecule has 5 nitrogen and oxygen atoms in total. The van der Waals surface area contributed by atoms with Crippen LogP contribution >= 0.6 is 31.3 Å². The van der Waals surface area contributed by atoms with E-state index in [-0.39, 0.29) is 0 Å². The summed E-state index contributed by atoms with van der Waals surface area (Å²) >= 11 is 4.11. The third-order valence-corrected chi connectivity index (χ3v) is 11.7. The monoisotopic (exact) mass is 727 g/mol. The normalized spacial score (nSPS) is 12.3. The van der Waals surface area contributed by atoms with Gasteiger partial charge in [-0.05, 0) is 24.3 Å². The van der Waals surface area contributed by atoms with Gasteiger partial charge in [0.25, 0.3) is 0 Å². The minimum atomic E-state index is -4.64. The first-order valence-electron chi connectivity index (χ1n) is 20.4. The Morgan fingerprint density at radius 3 is 0.915 bits per heavy atom. The van der Waals surface area contributed by atoms with Crippen molar-refractivity contribution in [1.82, 2.24) is 0 Å². The topological polar surface area (TPSA) is 98.0 Å². The molecule has 0 bridgehead atoms. The second-order valence-corrected chi connectivity index (χ2v) is 17.5. The van der Waals surface area contributed by atoms with Crippen LogP contribution in [-0.2, 0) is 4.57 Å². The Kier molecular flexibility index (Phi) is 45.6. The molecular formula is C39H83O5PS2. The number of thioether (sulfide) groups is 2. The second kappa shape index (κ2) is 42.9. The molecule has 0 aromatic rings. The zero-order chi connectivity index (χ0) is 34.9. The predicted molar refractivity (Wildman–Crippen MR) is 214 cm³/mol. The molecule has 0 amide bonds. The number of hydrogen-bond donors (Lipinski definition) is 4. The summed E-state index contributed by atoms with van der Waals surface area (Å²) in [5.74, 6) is 3.66. The summed E-state index contributed by atoms with van der Waals surface area (Å²) in [6.07, 6.45) is 46.0. The van der Waals surface area contributed by atoms with Crippen LogP contribution in [0.25, 0.3) is 0 Å². The van der Waals surface area contributed by atoms with Crippen LogP contribution in [-0.4, -0.2) is 48.9 Å². The van der Waals surface area contributed by atoms with Crippen molar-refractivity contribution in [3.05, 3.63) is 0 Å². The van der Waals surface area contributed by atoms with Gasteiger partial charge in [-0.3, -0.25) is 0 Å². The van der Waals surface area contributed by atoms with Crippen molar-refractivity contribution in [3.63, 3.8) is 0 Å². The molecule has 286 valence electrons. The number of rotatable bonds is 38. The van der Waals surface area contributed by atoms with Crippen molar-refractivity contribution in [3.8, 4) is 0 Å². The van der Waals surface area contributed by atoms with Gasteiger partial charge in [0.15, 0.2) is 0 Å². The van der Waals surface area contributed by atoms with Crippen LogP contribution in [0.3, 0.4) is 0 Å². The van der Waals surface area contributed by atoms with E-state index in [4.69, 9.17) is 19.2 Å². The SMILES string of the molecule is CCCCCCCCCCCCCCCCCCSCC(CO)SCCCCCCCCCCCCCCCCCC.O=P(O)(O)O. The number of unbranched alkanes of at least 4 members (excludes halogenated alkanes) is 30. The first-order chi connectivity index (χ1) is 22.8. The Morgan fingerprint density at radius 1 is 0.426 bits per heavy atom. The Morgan fingerprint density at radius 2 is 0.660 bits per heavy atom. The third-order valence-electron chi connectivity index (χ3n) is 9.00. The zero-order valence-electron chi connectivity index (χ0n) is 31.5. The van der Waals surface area contributed by atoms with Crippen LogP contribution < -0.4 is 0 Å². The van der Waals surface area contributed by atoms with Crippen molar-refractivity contribution in [2.75, 3.05) is 23.9 Å². The number of phosphoric acid groups is 1. The molecule has 0 rings (SSSR count). The molecule has 47 heavy (non-hydrogen) atoms. The lowest BCUT2D eigenvalue weighted by molar-refractivity contribution is 0.275. The molecule has 0 fully saturated rings. The average molecular weight is 727 g/mol. The minimum Gasteiger partial charge on any atom is -0.395 e. The van der Waals surface area contributed by atoms with E-state index in [1.54, 1.807) is 0 Å². The van der Waals surface area contributed by atoms with E-state index in [1.165, 1.54) is 217 Å². The zero-order valence-corrected chi connectivity index (χ0v) is 34.0. The fourth-order valence-corrected chi connectivity index (χ4v) is 8.45. The van der Waals surface area contributed by atoms with Crippen LogP contribution in [0.4, 0.5) is 0 Å². The van der Waals surface area contributed by atoms with Gasteiger partial charge < -0.3 is 19.8 Å². The minimum absolute atomic E-state index is 0.357. The summed E-state index contributed by atoms with van der Waals surface area (Å²) in [5.41, 5.74) is 0. The maximum absolute atomic E-state index is 9.77. The highest BCUT2D eigenvalue weighted by molar-refractivity contribution is 8.03. The van der Waals surface area contributed by atoms with Crippen LogP contribution in [0.1, 0.15) is 219 Å². The largest absolute Gasteiger partial charge is 0.466 e. The maximum atomic E-state index is 9.77. The van der Waals surface area contributed by atoms with Crippen LogP contribution in [0.5, 0.6) is 0 Å². The van der Waals surface area contributed by atoms with E-state index in [1.807, 2.05) is 11.8 Å². The van der Waals surface area contributed by atoms with E-state index < -0.39 is 7.82 Å². The molecule has 0 heterocycles. The van der Waals surface area contributed by atoms with Crippen molar-refractivity contribution >= 4 is 31.3 Å². The summed E-state index contributed by atoms with van der Waals surface area (Å²) in [4.78, 5) is 21.6. The summed E-state index contributed by atoms with van der Waals surface area (Å²) in [6, 6.07) is 0. The van der Waals surface area contributed by atoms with Gasteiger partial charge in [-0.1, -0.05) is 206 Å². The third kappa shape index (κ3) is 53.7. The quantitative estimate of drug-likeness (QED) is 0.0371. The van der Waals surface area contributed by atoms with Gasteiger partial charge in [0.1, 0.15) is 0 Å². The smallest absolute Gasteiger partial charge is 0.395 e. The van der Waals surface area contributed by atoms with Crippen molar-refractivity contribution < 1.29 is 24.4 Å². The molecular weight excluding hydrogens is 644 g/mol. The van der Waals surface area contributed by atoms with Crippen LogP contribution in [0, 0.1) is 0 Å². The molecule has 0 aliphatic heterocycles. The molecule has 0 spiro atoms. The van der Waals surface area contributed by atoms with Crippen molar-refractivity contribution in [1.29, 1.82) is 0 Å². The van der Waals surface area contributed by atoms with Gasteiger partial charge in [-0.25, -0.2) is 4.57 Å². The molecule has 1 unspecified atom stereocenters. The maximum Gasteiger partial charge on any atom is 0.466 e. The number of aliphatic hydroxyl groups excluding tert-OH is 1. The molecule has 0 saturated heterocycles. The highest BCUT2D eigenvalue weighted by Crippen LogP contribution is 2.26. The lowest BCUT2D eigenvalue weighted by atomic mass is 10.0. The van der Waals surface area contributed by atoms with E-state index in [2.05, 4.69) is 25.6 Å². The predicted octanol–water partition coefficient (Wildman–Crippen LogP) is 13.4. The Hall–Kier alpha value is 0.770. The van der Waals surface area contributed by atoms with Gasteiger partial charge in [-0.15, -0.1) is 0 Å². The second-order valence-electron chi connectivity index (χ2n) is 13.9. The first kappa shape index (κ1) is 49.9. The molecule has 0 aromatic carbocycles. The van der Waals surface area contributed by atoms with Gasteiger partial charge in [0.2, 0.25) is 0 Å². The lowest BCUT2D eigenvalue weighted by Crippen LogP contribution is -2.13. The first-order valence-corrected chi connectivity index (χ1v) is 24.2. The molecule has 0 aromatic heterocycles. The van der Waals surface area contributed by atoms with E-state index in [0.717, 1.165) is 5.75 Å². The van der Waals surface area contributed by atoms with Crippen molar-refractivity contribution in [2.45, 2.75) is 225 Å². The summed E-state index contributed by atoms with van der Waals surface area (Å²) in [6.45, 7) is 4.96. The molecule has 1 atom stereocenters. The summed E-state index contributed by atoms with van der Waals surface area (Å²) < 4.78 is 8.88. The van der Waals surface area contributed by atoms with E-state index in [0.29, 0.717) is 11.9 Å². The Bertz CT molecular complexity index is 600. The van der Waals surface area contributed by atoms with E-state index >= 15 is 0 Å². The fourth-order valence-electron chi connectivity index (χ4n) is 6.02. The molecule has 0 aliphatic carbocycles. The molecule has 4 N–H and O–H groups in total. The highest BCUT2D eigenvalue weighted by Gasteiger charge is 2.08.